The lowest BCUT2D eigenvalue weighted by Crippen LogP contribution is -2.51. The predicted octanol–water partition coefficient (Wildman–Crippen LogP) is 0.506. The SMILES string of the molecule is CS(=O)(=O)N1CCN(C2CCCC2)CC1. The van der Waals surface area contributed by atoms with E-state index in [0.717, 1.165) is 19.1 Å². The van der Waals surface area contributed by atoms with Gasteiger partial charge in [-0.3, -0.25) is 4.90 Å². The minimum absolute atomic E-state index is 0.676. The third kappa shape index (κ3) is 2.71. The molecule has 0 radical (unpaired) electrons. The molecule has 0 bridgehead atoms. The molecular formula is C10H20N2O2S. The molecule has 0 aromatic heterocycles. The topological polar surface area (TPSA) is 40.6 Å². The fourth-order valence-electron chi connectivity index (χ4n) is 2.67. The van der Waals surface area contributed by atoms with Gasteiger partial charge in [0.2, 0.25) is 10.0 Å². The smallest absolute Gasteiger partial charge is 0.211 e. The molecule has 0 aromatic carbocycles. The number of hydrogen-bond donors (Lipinski definition) is 0. The molecule has 1 saturated carbocycles. The van der Waals surface area contributed by atoms with Crippen molar-refractivity contribution in [2.24, 2.45) is 0 Å². The summed E-state index contributed by atoms with van der Waals surface area (Å²) in [6.45, 7) is 3.18. The van der Waals surface area contributed by atoms with Gasteiger partial charge in [-0.2, -0.15) is 4.31 Å². The lowest BCUT2D eigenvalue weighted by molar-refractivity contribution is 0.139. The second kappa shape index (κ2) is 4.39. The number of sulfonamides is 1. The first-order chi connectivity index (χ1) is 7.07. The van der Waals surface area contributed by atoms with Crippen molar-refractivity contribution in [1.82, 2.24) is 9.21 Å². The third-order valence-electron chi connectivity index (χ3n) is 3.58. The van der Waals surface area contributed by atoms with Gasteiger partial charge in [0.15, 0.2) is 0 Å². The van der Waals surface area contributed by atoms with Crippen molar-refractivity contribution >= 4 is 10.0 Å². The number of rotatable bonds is 2. The molecule has 2 aliphatic rings. The minimum Gasteiger partial charge on any atom is -0.298 e. The fourth-order valence-corrected chi connectivity index (χ4v) is 3.50. The zero-order valence-electron chi connectivity index (χ0n) is 9.35. The first-order valence-electron chi connectivity index (χ1n) is 5.76. The van der Waals surface area contributed by atoms with E-state index < -0.39 is 10.0 Å². The number of nitrogens with zero attached hydrogens (tertiary/aromatic N) is 2. The van der Waals surface area contributed by atoms with Crippen molar-refractivity contribution < 1.29 is 8.42 Å². The molecule has 1 heterocycles. The van der Waals surface area contributed by atoms with E-state index in [1.165, 1.54) is 31.9 Å². The quantitative estimate of drug-likeness (QED) is 0.696. The molecular weight excluding hydrogens is 212 g/mol. The van der Waals surface area contributed by atoms with Crippen LogP contribution in [0.3, 0.4) is 0 Å². The van der Waals surface area contributed by atoms with Crippen LogP contribution in [0.4, 0.5) is 0 Å². The molecule has 0 N–H and O–H groups in total. The van der Waals surface area contributed by atoms with Crippen molar-refractivity contribution in [3.05, 3.63) is 0 Å². The van der Waals surface area contributed by atoms with Crippen LogP contribution >= 0.6 is 0 Å². The molecule has 88 valence electrons. The summed E-state index contributed by atoms with van der Waals surface area (Å²) >= 11 is 0. The van der Waals surface area contributed by atoms with E-state index >= 15 is 0 Å². The number of hydrogen-bond acceptors (Lipinski definition) is 3. The van der Waals surface area contributed by atoms with Gasteiger partial charge >= 0.3 is 0 Å². The standard InChI is InChI=1S/C10H20N2O2S/c1-15(13,14)12-8-6-11(7-9-12)10-4-2-3-5-10/h10H,2-9H2,1H3. The van der Waals surface area contributed by atoms with Crippen LogP contribution in [-0.2, 0) is 10.0 Å². The first kappa shape index (κ1) is 11.4. The van der Waals surface area contributed by atoms with Crippen LogP contribution in [0.15, 0.2) is 0 Å². The van der Waals surface area contributed by atoms with Gasteiger partial charge in [0.05, 0.1) is 6.26 Å². The Morgan fingerprint density at radius 2 is 1.53 bits per heavy atom. The van der Waals surface area contributed by atoms with Gasteiger partial charge in [0, 0.05) is 32.2 Å². The Bertz CT molecular complexity index is 301. The van der Waals surface area contributed by atoms with Crippen LogP contribution in [0.25, 0.3) is 0 Å². The van der Waals surface area contributed by atoms with Crippen molar-refractivity contribution in [3.63, 3.8) is 0 Å². The molecule has 0 aromatic rings. The van der Waals surface area contributed by atoms with E-state index in [9.17, 15) is 8.42 Å². The summed E-state index contributed by atoms with van der Waals surface area (Å²) in [5.41, 5.74) is 0. The molecule has 2 rings (SSSR count). The summed E-state index contributed by atoms with van der Waals surface area (Å²) in [6, 6.07) is 0.728. The highest BCUT2D eigenvalue weighted by atomic mass is 32.2. The van der Waals surface area contributed by atoms with E-state index in [1.807, 2.05) is 0 Å². The molecule has 1 aliphatic carbocycles. The van der Waals surface area contributed by atoms with Crippen molar-refractivity contribution in [2.45, 2.75) is 31.7 Å². The maximum Gasteiger partial charge on any atom is 0.211 e. The van der Waals surface area contributed by atoms with Crippen LogP contribution in [0, 0.1) is 0 Å². The largest absolute Gasteiger partial charge is 0.298 e. The van der Waals surface area contributed by atoms with Crippen LogP contribution < -0.4 is 0 Å². The molecule has 0 spiro atoms. The van der Waals surface area contributed by atoms with Gasteiger partial charge in [-0.15, -0.1) is 0 Å². The van der Waals surface area contributed by atoms with Crippen molar-refractivity contribution in [3.8, 4) is 0 Å². The number of piperazine rings is 1. The molecule has 1 aliphatic heterocycles. The maximum atomic E-state index is 11.3. The second-order valence-corrected chi connectivity index (χ2v) is 6.62. The Morgan fingerprint density at radius 1 is 1.00 bits per heavy atom. The fraction of sp³-hybridized carbons (Fsp3) is 1.00. The summed E-state index contributed by atoms with van der Waals surface area (Å²) in [5, 5.41) is 0. The predicted molar refractivity (Wildman–Crippen MR) is 60.2 cm³/mol. The van der Waals surface area contributed by atoms with E-state index in [1.54, 1.807) is 4.31 Å². The molecule has 0 atom stereocenters. The summed E-state index contributed by atoms with van der Waals surface area (Å²) in [7, 11) is -2.97. The lowest BCUT2D eigenvalue weighted by Gasteiger charge is -2.36. The van der Waals surface area contributed by atoms with Gasteiger partial charge in [0.25, 0.3) is 0 Å². The molecule has 0 amide bonds. The van der Waals surface area contributed by atoms with Gasteiger partial charge in [-0.25, -0.2) is 8.42 Å². The molecule has 15 heavy (non-hydrogen) atoms. The van der Waals surface area contributed by atoms with Crippen LogP contribution in [-0.4, -0.2) is 56.1 Å². The van der Waals surface area contributed by atoms with E-state index in [4.69, 9.17) is 0 Å². The van der Waals surface area contributed by atoms with Crippen molar-refractivity contribution in [1.29, 1.82) is 0 Å². The Hall–Kier alpha value is -0.130. The van der Waals surface area contributed by atoms with E-state index in [-0.39, 0.29) is 0 Å². The molecule has 1 saturated heterocycles. The Morgan fingerprint density at radius 3 is 2.00 bits per heavy atom. The highest BCUT2D eigenvalue weighted by Gasteiger charge is 2.28. The Balaban J connectivity index is 1.86. The van der Waals surface area contributed by atoms with Crippen LogP contribution in [0.5, 0.6) is 0 Å². The highest BCUT2D eigenvalue weighted by molar-refractivity contribution is 7.88. The van der Waals surface area contributed by atoms with Gasteiger partial charge < -0.3 is 0 Å². The van der Waals surface area contributed by atoms with Gasteiger partial charge in [-0.05, 0) is 12.8 Å². The Labute approximate surface area is 92.3 Å². The van der Waals surface area contributed by atoms with Gasteiger partial charge in [-0.1, -0.05) is 12.8 Å². The zero-order valence-corrected chi connectivity index (χ0v) is 10.2. The van der Waals surface area contributed by atoms with E-state index in [2.05, 4.69) is 4.90 Å². The first-order valence-corrected chi connectivity index (χ1v) is 7.61. The monoisotopic (exact) mass is 232 g/mol. The minimum atomic E-state index is -2.97. The normalized spacial score (nSPS) is 27.3. The summed E-state index contributed by atoms with van der Waals surface area (Å²) < 4.78 is 24.2. The summed E-state index contributed by atoms with van der Waals surface area (Å²) in [5.74, 6) is 0. The lowest BCUT2D eigenvalue weighted by atomic mass is 10.2. The molecule has 2 fully saturated rings. The molecule has 4 nitrogen and oxygen atoms in total. The van der Waals surface area contributed by atoms with Crippen molar-refractivity contribution in [2.75, 3.05) is 32.4 Å². The molecule has 5 heteroatoms. The molecule has 0 unspecified atom stereocenters. The summed E-state index contributed by atoms with van der Waals surface area (Å²) in [6.07, 6.45) is 6.60. The van der Waals surface area contributed by atoms with E-state index in [0.29, 0.717) is 13.1 Å². The summed E-state index contributed by atoms with van der Waals surface area (Å²) in [4.78, 5) is 2.47. The zero-order chi connectivity index (χ0) is 10.9. The maximum absolute atomic E-state index is 11.3. The Kier molecular flexibility index (Phi) is 3.33. The van der Waals surface area contributed by atoms with Crippen LogP contribution in [0.1, 0.15) is 25.7 Å². The van der Waals surface area contributed by atoms with Crippen LogP contribution in [0.2, 0.25) is 0 Å². The second-order valence-electron chi connectivity index (χ2n) is 4.64. The average molecular weight is 232 g/mol. The third-order valence-corrected chi connectivity index (χ3v) is 4.89. The highest BCUT2D eigenvalue weighted by Crippen LogP contribution is 2.24. The van der Waals surface area contributed by atoms with Gasteiger partial charge in [0.1, 0.15) is 0 Å². The average Bonchev–Trinajstić information content (AvgIpc) is 2.69.